The zero-order valence-corrected chi connectivity index (χ0v) is 7.76. The van der Waals surface area contributed by atoms with E-state index in [0.29, 0.717) is 11.0 Å². The topological polar surface area (TPSA) is 73.8 Å². The van der Waals surface area contributed by atoms with Gasteiger partial charge in [-0.2, -0.15) is 4.68 Å². The maximum Gasteiger partial charge on any atom is 0.416 e. The number of pyridine rings is 1. The van der Waals surface area contributed by atoms with E-state index in [9.17, 15) is 10.1 Å². The third-order valence-corrected chi connectivity index (χ3v) is 1.99. The molecule has 0 fully saturated rings. The van der Waals surface area contributed by atoms with Gasteiger partial charge in [0, 0.05) is 5.69 Å². The number of hydrogen-bond donors (Lipinski definition) is 0. The van der Waals surface area contributed by atoms with Gasteiger partial charge in [0.1, 0.15) is 5.52 Å². The Morgan fingerprint density at radius 3 is 2.86 bits per heavy atom. The standard InChI is InChI=1S/C8H8N4O2/c1-5-3-4-6-7(9-5)8(12(13)14)10-11(6)2/h3-4H,1-2H3. The van der Waals surface area contributed by atoms with Crippen molar-refractivity contribution in [3.05, 3.63) is 27.9 Å². The second-order valence-electron chi connectivity index (χ2n) is 3.02. The molecule has 0 bridgehead atoms. The van der Waals surface area contributed by atoms with Crippen LogP contribution < -0.4 is 0 Å². The molecule has 0 aliphatic rings. The van der Waals surface area contributed by atoms with Crippen LogP contribution in [0.25, 0.3) is 11.0 Å². The van der Waals surface area contributed by atoms with Crippen LogP contribution in [0.4, 0.5) is 5.82 Å². The van der Waals surface area contributed by atoms with Crippen molar-refractivity contribution < 1.29 is 4.92 Å². The first-order valence-electron chi connectivity index (χ1n) is 4.04. The molecule has 0 N–H and O–H groups in total. The Bertz CT molecular complexity index is 517. The highest BCUT2D eigenvalue weighted by molar-refractivity contribution is 5.82. The Morgan fingerprint density at radius 1 is 1.50 bits per heavy atom. The average Bonchev–Trinajstić information content (AvgIpc) is 2.43. The molecule has 0 aliphatic heterocycles. The van der Waals surface area contributed by atoms with E-state index in [1.165, 1.54) is 4.68 Å². The molecule has 0 amide bonds. The van der Waals surface area contributed by atoms with Gasteiger partial charge in [0.25, 0.3) is 0 Å². The lowest BCUT2D eigenvalue weighted by molar-refractivity contribution is -0.388. The Balaban J connectivity index is 2.85. The van der Waals surface area contributed by atoms with Crippen molar-refractivity contribution in [3.63, 3.8) is 0 Å². The van der Waals surface area contributed by atoms with E-state index in [0.717, 1.165) is 5.69 Å². The fourth-order valence-electron chi connectivity index (χ4n) is 1.34. The largest absolute Gasteiger partial charge is 0.416 e. The quantitative estimate of drug-likeness (QED) is 0.502. The molecule has 0 spiro atoms. The summed E-state index contributed by atoms with van der Waals surface area (Å²) in [5.41, 5.74) is 1.76. The molecule has 14 heavy (non-hydrogen) atoms. The molecule has 0 atom stereocenters. The van der Waals surface area contributed by atoms with Gasteiger partial charge in [-0.1, -0.05) is 0 Å². The molecule has 0 aliphatic carbocycles. The number of fused-ring (bicyclic) bond motifs is 1. The molecule has 0 unspecified atom stereocenters. The van der Waals surface area contributed by atoms with E-state index >= 15 is 0 Å². The predicted molar refractivity (Wildman–Crippen MR) is 49.9 cm³/mol. The normalized spacial score (nSPS) is 10.7. The number of nitrogens with zero attached hydrogens (tertiary/aromatic N) is 4. The van der Waals surface area contributed by atoms with E-state index in [2.05, 4.69) is 10.1 Å². The Hall–Kier alpha value is -1.98. The summed E-state index contributed by atoms with van der Waals surface area (Å²) in [5.74, 6) is -0.189. The molecular weight excluding hydrogens is 184 g/mol. The molecule has 2 aromatic heterocycles. The fourth-order valence-corrected chi connectivity index (χ4v) is 1.34. The van der Waals surface area contributed by atoms with Gasteiger partial charge in [-0.05, 0) is 24.0 Å². The van der Waals surface area contributed by atoms with Crippen molar-refractivity contribution in [2.24, 2.45) is 7.05 Å². The highest BCUT2D eigenvalue weighted by Crippen LogP contribution is 2.21. The summed E-state index contributed by atoms with van der Waals surface area (Å²) in [4.78, 5) is 14.2. The van der Waals surface area contributed by atoms with E-state index in [4.69, 9.17) is 0 Å². The molecule has 0 saturated heterocycles. The minimum Gasteiger partial charge on any atom is -0.358 e. The molecule has 6 heteroatoms. The molecule has 6 nitrogen and oxygen atoms in total. The van der Waals surface area contributed by atoms with Crippen LogP contribution in [0.2, 0.25) is 0 Å². The Labute approximate surface area is 79.3 Å². The highest BCUT2D eigenvalue weighted by Gasteiger charge is 2.20. The minimum atomic E-state index is -0.519. The third kappa shape index (κ3) is 1.12. The molecular formula is C8H8N4O2. The average molecular weight is 192 g/mol. The van der Waals surface area contributed by atoms with Crippen molar-refractivity contribution in [2.75, 3.05) is 0 Å². The summed E-state index contributed by atoms with van der Waals surface area (Å²) in [7, 11) is 1.66. The predicted octanol–water partition coefficient (Wildman–Crippen LogP) is 1.18. The monoisotopic (exact) mass is 192 g/mol. The highest BCUT2D eigenvalue weighted by atomic mass is 16.6. The molecule has 2 aromatic rings. The van der Waals surface area contributed by atoms with Crippen LogP contribution in [0.15, 0.2) is 12.1 Å². The summed E-state index contributed by atoms with van der Waals surface area (Å²) in [6, 6.07) is 3.57. The third-order valence-electron chi connectivity index (χ3n) is 1.99. The summed E-state index contributed by atoms with van der Waals surface area (Å²) < 4.78 is 1.46. The van der Waals surface area contributed by atoms with Gasteiger partial charge in [-0.3, -0.25) is 0 Å². The van der Waals surface area contributed by atoms with Crippen LogP contribution in [-0.2, 0) is 7.05 Å². The Morgan fingerprint density at radius 2 is 2.21 bits per heavy atom. The molecule has 2 rings (SSSR count). The van der Waals surface area contributed by atoms with Crippen LogP contribution in [-0.4, -0.2) is 19.7 Å². The van der Waals surface area contributed by atoms with Gasteiger partial charge in [0.05, 0.1) is 12.1 Å². The maximum absolute atomic E-state index is 10.6. The molecule has 2 heterocycles. The Kier molecular flexibility index (Phi) is 1.70. The number of rotatable bonds is 1. The minimum absolute atomic E-state index is 0.189. The van der Waals surface area contributed by atoms with E-state index < -0.39 is 4.92 Å². The lowest BCUT2D eigenvalue weighted by Gasteiger charge is -1.91. The molecule has 0 radical (unpaired) electrons. The molecule has 0 aromatic carbocycles. The first kappa shape index (κ1) is 8.61. The van der Waals surface area contributed by atoms with Crippen LogP contribution in [0.5, 0.6) is 0 Å². The zero-order valence-electron chi connectivity index (χ0n) is 7.76. The van der Waals surface area contributed by atoms with Gasteiger partial charge in [0.2, 0.25) is 0 Å². The lowest BCUT2D eigenvalue weighted by atomic mass is 10.3. The van der Waals surface area contributed by atoms with Crippen molar-refractivity contribution in [2.45, 2.75) is 6.92 Å². The van der Waals surface area contributed by atoms with Gasteiger partial charge >= 0.3 is 5.82 Å². The summed E-state index contributed by atoms with van der Waals surface area (Å²) >= 11 is 0. The molecule has 0 saturated carbocycles. The van der Waals surface area contributed by atoms with E-state index in [1.807, 2.05) is 0 Å². The van der Waals surface area contributed by atoms with Crippen LogP contribution in [0, 0.1) is 17.0 Å². The zero-order chi connectivity index (χ0) is 10.3. The smallest absolute Gasteiger partial charge is 0.358 e. The fraction of sp³-hybridized carbons (Fsp3) is 0.250. The van der Waals surface area contributed by atoms with Gasteiger partial charge in [-0.15, -0.1) is 0 Å². The lowest BCUT2D eigenvalue weighted by Crippen LogP contribution is -1.92. The van der Waals surface area contributed by atoms with Gasteiger partial charge in [0.15, 0.2) is 5.52 Å². The number of nitro groups is 1. The van der Waals surface area contributed by atoms with Gasteiger partial charge < -0.3 is 10.1 Å². The number of aryl methyl sites for hydroxylation is 2. The summed E-state index contributed by atoms with van der Waals surface area (Å²) in [6.45, 7) is 1.79. The van der Waals surface area contributed by atoms with Crippen molar-refractivity contribution in [1.82, 2.24) is 14.8 Å². The summed E-state index contributed by atoms with van der Waals surface area (Å²) in [5, 5.41) is 14.4. The van der Waals surface area contributed by atoms with Crippen LogP contribution in [0.3, 0.4) is 0 Å². The van der Waals surface area contributed by atoms with E-state index in [-0.39, 0.29) is 5.82 Å². The SMILES string of the molecule is Cc1ccc2c(n1)c([N+](=O)[O-])nn2C. The first-order valence-corrected chi connectivity index (χ1v) is 4.04. The second-order valence-corrected chi connectivity index (χ2v) is 3.02. The molecule has 72 valence electrons. The first-order chi connectivity index (χ1) is 6.59. The maximum atomic E-state index is 10.6. The van der Waals surface area contributed by atoms with Gasteiger partial charge in [-0.25, -0.2) is 4.98 Å². The summed E-state index contributed by atoms with van der Waals surface area (Å²) in [6.07, 6.45) is 0. The van der Waals surface area contributed by atoms with Crippen molar-refractivity contribution in [1.29, 1.82) is 0 Å². The number of aromatic nitrogens is 3. The van der Waals surface area contributed by atoms with Crippen LogP contribution in [0.1, 0.15) is 5.69 Å². The van der Waals surface area contributed by atoms with Crippen LogP contribution >= 0.6 is 0 Å². The van der Waals surface area contributed by atoms with E-state index in [1.54, 1.807) is 26.1 Å². The van der Waals surface area contributed by atoms with Crippen molar-refractivity contribution >= 4 is 16.9 Å². The number of hydrogen-bond acceptors (Lipinski definition) is 4. The second kappa shape index (κ2) is 2.76. The van der Waals surface area contributed by atoms with Crippen molar-refractivity contribution in [3.8, 4) is 0 Å².